The Morgan fingerprint density at radius 2 is 2.26 bits per heavy atom. The minimum absolute atomic E-state index is 0.162. The number of aromatic nitrogens is 5. The lowest BCUT2D eigenvalue weighted by molar-refractivity contribution is -0.806. The Bertz CT molecular complexity index is 821. The monoisotopic (exact) mass is 332 g/mol. The van der Waals surface area contributed by atoms with Gasteiger partial charge in [0.2, 0.25) is 18.8 Å². The van der Waals surface area contributed by atoms with Gasteiger partial charge in [0.1, 0.15) is 12.2 Å². The second kappa shape index (κ2) is 6.72. The van der Waals surface area contributed by atoms with Crippen LogP contribution in [0.5, 0.6) is 5.88 Å². The Hall–Kier alpha value is -2.51. The molecule has 0 amide bonds. The summed E-state index contributed by atoms with van der Waals surface area (Å²) in [6.07, 6.45) is 4.90. The summed E-state index contributed by atoms with van der Waals surface area (Å²) in [6, 6.07) is 7.34. The number of halogens is 1. The molecule has 118 valence electrons. The van der Waals surface area contributed by atoms with E-state index in [-0.39, 0.29) is 6.73 Å². The summed E-state index contributed by atoms with van der Waals surface area (Å²) >= 11 is 6.05. The Morgan fingerprint density at radius 1 is 1.39 bits per heavy atom. The first kappa shape index (κ1) is 15.4. The molecular formula is C15H15ClN5O2+. The summed E-state index contributed by atoms with van der Waals surface area (Å²) in [5, 5.41) is 14.0. The summed E-state index contributed by atoms with van der Waals surface area (Å²) < 4.78 is 6.85. The number of benzene rings is 1. The van der Waals surface area contributed by atoms with Gasteiger partial charge in [-0.2, -0.15) is 0 Å². The van der Waals surface area contributed by atoms with Crippen LogP contribution in [0.25, 0.3) is 11.3 Å². The first-order chi connectivity index (χ1) is 11.2. The molecule has 0 bridgehead atoms. The van der Waals surface area contributed by atoms with Crippen molar-refractivity contribution < 1.29 is 14.5 Å². The number of aliphatic hydroxyl groups excluding tert-OH is 1. The van der Waals surface area contributed by atoms with E-state index in [0.717, 1.165) is 5.56 Å². The highest BCUT2D eigenvalue weighted by molar-refractivity contribution is 6.30. The molecule has 0 unspecified atom stereocenters. The van der Waals surface area contributed by atoms with Crippen molar-refractivity contribution in [1.82, 2.24) is 19.9 Å². The highest BCUT2D eigenvalue weighted by Crippen LogP contribution is 2.27. The smallest absolute Gasteiger partial charge is 0.240 e. The fourth-order valence-corrected chi connectivity index (χ4v) is 2.38. The zero-order valence-corrected chi connectivity index (χ0v) is 13.2. The molecule has 0 aliphatic rings. The van der Waals surface area contributed by atoms with Crippen LogP contribution in [-0.2, 0) is 13.3 Å². The lowest BCUT2D eigenvalue weighted by Gasteiger charge is -2.09. The van der Waals surface area contributed by atoms with Gasteiger partial charge in [-0.05, 0) is 16.9 Å². The third kappa shape index (κ3) is 3.30. The topological polar surface area (TPSA) is 76.9 Å². The van der Waals surface area contributed by atoms with Crippen LogP contribution >= 0.6 is 11.6 Å². The zero-order chi connectivity index (χ0) is 16.2. The van der Waals surface area contributed by atoms with Crippen LogP contribution in [-0.4, -0.2) is 32.1 Å². The number of rotatable bonds is 5. The summed E-state index contributed by atoms with van der Waals surface area (Å²) in [7, 11) is 1.55. The van der Waals surface area contributed by atoms with Gasteiger partial charge < -0.3 is 9.84 Å². The lowest BCUT2D eigenvalue weighted by Crippen LogP contribution is -2.43. The lowest BCUT2D eigenvalue weighted by atomic mass is 10.1. The average Bonchev–Trinajstić information content (AvgIpc) is 3.02. The number of aliphatic hydroxyl groups is 1. The van der Waals surface area contributed by atoms with Crippen molar-refractivity contribution in [3.8, 4) is 17.1 Å². The van der Waals surface area contributed by atoms with Gasteiger partial charge in [0.05, 0.1) is 19.0 Å². The van der Waals surface area contributed by atoms with Crippen LogP contribution < -0.4 is 9.42 Å². The van der Waals surface area contributed by atoms with E-state index in [9.17, 15) is 5.11 Å². The number of methoxy groups -OCH3 is 1. The Labute approximate surface area is 137 Å². The summed E-state index contributed by atoms with van der Waals surface area (Å²) in [4.78, 5) is 10.5. The van der Waals surface area contributed by atoms with Crippen molar-refractivity contribution in [2.45, 2.75) is 13.3 Å². The number of hydrogen-bond donors (Lipinski definition) is 1. The van der Waals surface area contributed by atoms with Crippen molar-refractivity contribution in [3.63, 3.8) is 0 Å². The molecule has 0 saturated carbocycles. The van der Waals surface area contributed by atoms with Gasteiger partial charge in [0, 0.05) is 15.7 Å². The molecular weight excluding hydrogens is 318 g/mol. The fraction of sp³-hybridized carbons (Fsp3) is 0.200. The van der Waals surface area contributed by atoms with Crippen molar-refractivity contribution in [1.29, 1.82) is 0 Å². The molecule has 3 rings (SSSR count). The van der Waals surface area contributed by atoms with Gasteiger partial charge >= 0.3 is 0 Å². The van der Waals surface area contributed by atoms with E-state index in [0.29, 0.717) is 28.8 Å². The van der Waals surface area contributed by atoms with Crippen LogP contribution in [0.15, 0.2) is 42.9 Å². The quantitative estimate of drug-likeness (QED) is 0.712. The molecule has 0 saturated heterocycles. The highest BCUT2D eigenvalue weighted by atomic mass is 35.5. The number of hydrogen-bond acceptors (Lipinski definition) is 5. The molecule has 8 heteroatoms. The Morgan fingerprint density at radius 3 is 3.00 bits per heavy atom. The number of ether oxygens (including phenoxy) is 1. The molecule has 0 atom stereocenters. The normalized spacial score (nSPS) is 10.7. The minimum Gasteiger partial charge on any atom is -0.479 e. The van der Waals surface area contributed by atoms with Crippen molar-refractivity contribution in [3.05, 3.63) is 53.6 Å². The molecule has 23 heavy (non-hydrogen) atoms. The van der Waals surface area contributed by atoms with E-state index in [1.807, 2.05) is 12.1 Å². The van der Waals surface area contributed by atoms with E-state index in [4.69, 9.17) is 16.3 Å². The minimum atomic E-state index is -0.162. The molecule has 0 radical (unpaired) electrons. The molecule has 1 aromatic carbocycles. The van der Waals surface area contributed by atoms with E-state index >= 15 is 0 Å². The van der Waals surface area contributed by atoms with Gasteiger partial charge in [-0.25, -0.2) is 9.97 Å². The standard InChI is InChI=1S/C15H15ClN5O2/c1-23-15-14(11-3-2-4-12(16)7-11)19-13(8-17-15)9-21-18-5-6-20(21)10-22/h2-8,22H,9-10H2,1H3/q+1. The van der Waals surface area contributed by atoms with E-state index in [2.05, 4.69) is 15.1 Å². The first-order valence-electron chi connectivity index (χ1n) is 6.89. The maximum Gasteiger partial charge on any atom is 0.240 e. The van der Waals surface area contributed by atoms with Crippen molar-refractivity contribution in [2.75, 3.05) is 7.11 Å². The number of nitrogens with zero attached hydrogens (tertiary/aromatic N) is 5. The average molecular weight is 333 g/mol. The van der Waals surface area contributed by atoms with Crippen LogP contribution in [0.4, 0.5) is 0 Å². The third-order valence-electron chi connectivity index (χ3n) is 3.26. The van der Waals surface area contributed by atoms with Gasteiger partial charge in [0.15, 0.2) is 6.20 Å². The summed E-state index contributed by atoms with van der Waals surface area (Å²) in [5.74, 6) is 0.423. The van der Waals surface area contributed by atoms with Gasteiger partial charge in [0.25, 0.3) is 0 Å². The van der Waals surface area contributed by atoms with Gasteiger partial charge in [-0.1, -0.05) is 23.7 Å². The largest absolute Gasteiger partial charge is 0.479 e. The molecule has 0 fully saturated rings. The van der Waals surface area contributed by atoms with E-state index < -0.39 is 0 Å². The second-order valence-corrected chi connectivity index (χ2v) is 5.19. The summed E-state index contributed by atoms with van der Waals surface area (Å²) in [6.45, 7) is 0.211. The van der Waals surface area contributed by atoms with Crippen LogP contribution in [0.1, 0.15) is 5.69 Å². The maximum atomic E-state index is 9.26. The zero-order valence-electron chi connectivity index (χ0n) is 12.4. The van der Waals surface area contributed by atoms with E-state index in [1.54, 1.807) is 47.3 Å². The predicted octanol–water partition coefficient (Wildman–Crippen LogP) is 1.29. The summed E-state index contributed by atoms with van der Waals surface area (Å²) in [5.41, 5.74) is 2.11. The Kier molecular flexibility index (Phi) is 4.50. The van der Waals surface area contributed by atoms with Crippen LogP contribution in [0.2, 0.25) is 5.02 Å². The predicted molar refractivity (Wildman–Crippen MR) is 82.8 cm³/mol. The first-order valence-corrected chi connectivity index (χ1v) is 7.27. The SMILES string of the molecule is COc1ncc(Cn2ncc[n+]2CO)nc1-c1cccc(Cl)c1. The second-order valence-electron chi connectivity index (χ2n) is 4.75. The third-order valence-corrected chi connectivity index (χ3v) is 3.50. The van der Waals surface area contributed by atoms with Crippen molar-refractivity contribution >= 4 is 11.6 Å². The molecule has 7 nitrogen and oxygen atoms in total. The highest BCUT2D eigenvalue weighted by Gasteiger charge is 2.14. The molecule has 0 spiro atoms. The molecule has 1 N–H and O–H groups in total. The maximum absolute atomic E-state index is 9.26. The molecule has 0 aliphatic heterocycles. The molecule has 0 aliphatic carbocycles. The van der Waals surface area contributed by atoms with E-state index in [1.165, 1.54) is 0 Å². The molecule has 2 heterocycles. The molecule has 2 aromatic heterocycles. The van der Waals surface area contributed by atoms with Crippen LogP contribution in [0, 0.1) is 0 Å². The van der Waals surface area contributed by atoms with Gasteiger partial charge in [-0.3, -0.25) is 0 Å². The Balaban J connectivity index is 1.99. The van der Waals surface area contributed by atoms with Gasteiger partial charge in [-0.15, -0.1) is 4.68 Å². The van der Waals surface area contributed by atoms with Crippen molar-refractivity contribution in [2.24, 2.45) is 0 Å². The van der Waals surface area contributed by atoms with Crippen LogP contribution in [0.3, 0.4) is 0 Å². The molecule has 3 aromatic rings. The fourth-order valence-electron chi connectivity index (χ4n) is 2.19.